The van der Waals surface area contributed by atoms with Gasteiger partial charge in [0, 0.05) is 19.1 Å². The van der Waals surface area contributed by atoms with E-state index in [1.165, 1.54) is 38.8 Å². The van der Waals surface area contributed by atoms with E-state index in [1.54, 1.807) is 0 Å². The molecule has 1 saturated carbocycles. The number of hydrogen-bond donors (Lipinski definition) is 1. The van der Waals surface area contributed by atoms with E-state index >= 15 is 0 Å². The van der Waals surface area contributed by atoms with Gasteiger partial charge in [-0.3, -0.25) is 0 Å². The van der Waals surface area contributed by atoms with E-state index in [1.807, 2.05) is 0 Å². The molecular formula is C15H32N2. The monoisotopic (exact) mass is 240 g/mol. The lowest BCUT2D eigenvalue weighted by Gasteiger charge is -2.38. The van der Waals surface area contributed by atoms with Crippen LogP contribution < -0.4 is 5.32 Å². The van der Waals surface area contributed by atoms with E-state index < -0.39 is 0 Å². The van der Waals surface area contributed by atoms with E-state index in [-0.39, 0.29) is 0 Å². The van der Waals surface area contributed by atoms with Gasteiger partial charge < -0.3 is 10.2 Å². The molecule has 1 atom stereocenters. The van der Waals surface area contributed by atoms with Crippen molar-refractivity contribution in [1.29, 1.82) is 0 Å². The first-order valence-electron chi connectivity index (χ1n) is 7.42. The minimum atomic E-state index is 0.550. The zero-order valence-electron chi connectivity index (χ0n) is 12.6. The molecule has 0 saturated heterocycles. The maximum atomic E-state index is 3.58. The van der Waals surface area contributed by atoms with Gasteiger partial charge in [-0.1, -0.05) is 33.6 Å². The highest BCUT2D eigenvalue weighted by atomic mass is 15.1. The van der Waals surface area contributed by atoms with Gasteiger partial charge in [-0.15, -0.1) is 0 Å². The predicted molar refractivity (Wildman–Crippen MR) is 76.4 cm³/mol. The molecule has 0 radical (unpaired) electrons. The molecule has 1 unspecified atom stereocenters. The topological polar surface area (TPSA) is 15.3 Å². The van der Waals surface area contributed by atoms with Crippen LogP contribution in [-0.2, 0) is 0 Å². The molecule has 0 aromatic heterocycles. The Kier molecular flexibility index (Phi) is 5.94. The predicted octanol–water partition coefficient (Wildman–Crippen LogP) is 3.13. The van der Waals surface area contributed by atoms with Crippen molar-refractivity contribution in [3.05, 3.63) is 0 Å². The van der Waals surface area contributed by atoms with E-state index in [2.05, 4.69) is 45.0 Å². The Hall–Kier alpha value is -0.0800. The second kappa shape index (κ2) is 6.75. The highest BCUT2D eigenvalue weighted by molar-refractivity contribution is 4.90. The summed E-state index contributed by atoms with van der Waals surface area (Å²) in [5, 5.41) is 3.58. The third kappa shape index (κ3) is 4.26. The molecule has 0 aromatic rings. The molecule has 1 aliphatic rings. The fourth-order valence-corrected chi connectivity index (χ4v) is 3.09. The molecular weight excluding hydrogens is 208 g/mol. The van der Waals surface area contributed by atoms with Gasteiger partial charge in [0.15, 0.2) is 0 Å². The number of nitrogens with one attached hydrogen (secondary N) is 1. The Labute approximate surface area is 108 Å². The first-order chi connectivity index (χ1) is 8.01. The standard InChI is InChI=1S/C15H32N2/c1-6-16-11-15(9-7-8-10-15)12-17(5)14(4)13(2)3/h13-14,16H,6-12H2,1-5H3. The normalized spacial score (nSPS) is 21.4. The lowest BCUT2D eigenvalue weighted by molar-refractivity contribution is 0.120. The Morgan fingerprint density at radius 2 is 1.76 bits per heavy atom. The average Bonchev–Trinajstić information content (AvgIpc) is 2.74. The summed E-state index contributed by atoms with van der Waals surface area (Å²) >= 11 is 0. The largest absolute Gasteiger partial charge is 0.316 e. The zero-order chi connectivity index (χ0) is 12.9. The van der Waals surface area contributed by atoms with Crippen molar-refractivity contribution in [2.45, 2.75) is 59.4 Å². The molecule has 102 valence electrons. The van der Waals surface area contributed by atoms with Gasteiger partial charge in [-0.05, 0) is 44.7 Å². The highest BCUT2D eigenvalue weighted by Gasteiger charge is 2.35. The van der Waals surface area contributed by atoms with Gasteiger partial charge in [0.25, 0.3) is 0 Å². The van der Waals surface area contributed by atoms with Crippen LogP contribution in [0.1, 0.15) is 53.4 Å². The summed E-state index contributed by atoms with van der Waals surface area (Å²) in [6, 6.07) is 0.689. The molecule has 1 fully saturated rings. The van der Waals surface area contributed by atoms with Gasteiger partial charge in [0.2, 0.25) is 0 Å². The van der Waals surface area contributed by atoms with Gasteiger partial charge in [0.05, 0.1) is 0 Å². The summed E-state index contributed by atoms with van der Waals surface area (Å²) in [5.74, 6) is 0.748. The molecule has 1 rings (SSSR count). The van der Waals surface area contributed by atoms with Crippen LogP contribution in [0.25, 0.3) is 0 Å². The maximum Gasteiger partial charge on any atom is 0.00871 e. The molecule has 2 heteroatoms. The molecule has 0 bridgehead atoms. The van der Waals surface area contributed by atoms with Crippen molar-refractivity contribution in [3.8, 4) is 0 Å². The Balaban J connectivity index is 2.54. The van der Waals surface area contributed by atoms with Crippen molar-refractivity contribution >= 4 is 0 Å². The first kappa shape index (κ1) is 15.0. The molecule has 17 heavy (non-hydrogen) atoms. The summed E-state index contributed by atoms with van der Waals surface area (Å²) in [5.41, 5.74) is 0.550. The number of nitrogens with zero attached hydrogens (tertiary/aromatic N) is 1. The summed E-state index contributed by atoms with van der Waals surface area (Å²) < 4.78 is 0. The SMILES string of the molecule is CCNCC1(CN(C)C(C)C(C)C)CCCC1. The van der Waals surface area contributed by atoms with E-state index in [0.29, 0.717) is 11.5 Å². The van der Waals surface area contributed by atoms with Crippen molar-refractivity contribution < 1.29 is 0 Å². The van der Waals surface area contributed by atoms with Crippen molar-refractivity contribution in [1.82, 2.24) is 10.2 Å². The highest BCUT2D eigenvalue weighted by Crippen LogP contribution is 2.38. The van der Waals surface area contributed by atoms with E-state index in [4.69, 9.17) is 0 Å². The van der Waals surface area contributed by atoms with Gasteiger partial charge in [-0.2, -0.15) is 0 Å². The Morgan fingerprint density at radius 1 is 1.18 bits per heavy atom. The van der Waals surface area contributed by atoms with Crippen LogP contribution >= 0.6 is 0 Å². The molecule has 2 nitrogen and oxygen atoms in total. The maximum absolute atomic E-state index is 3.58. The van der Waals surface area contributed by atoms with Gasteiger partial charge in [0.1, 0.15) is 0 Å². The third-order valence-corrected chi connectivity index (χ3v) is 4.66. The second-order valence-electron chi connectivity index (χ2n) is 6.39. The minimum Gasteiger partial charge on any atom is -0.316 e. The lowest BCUT2D eigenvalue weighted by Crippen LogP contribution is -2.45. The first-order valence-corrected chi connectivity index (χ1v) is 7.42. The Bertz CT molecular complexity index is 207. The molecule has 1 aliphatic carbocycles. The Morgan fingerprint density at radius 3 is 2.24 bits per heavy atom. The van der Waals surface area contributed by atoms with Crippen LogP contribution in [0.2, 0.25) is 0 Å². The van der Waals surface area contributed by atoms with Crippen LogP contribution in [0.5, 0.6) is 0 Å². The quantitative estimate of drug-likeness (QED) is 0.735. The molecule has 0 aromatic carbocycles. The van der Waals surface area contributed by atoms with E-state index in [9.17, 15) is 0 Å². The van der Waals surface area contributed by atoms with E-state index in [0.717, 1.165) is 12.5 Å². The summed E-state index contributed by atoms with van der Waals surface area (Å²) in [7, 11) is 2.30. The summed E-state index contributed by atoms with van der Waals surface area (Å²) in [4.78, 5) is 2.58. The molecule has 0 spiro atoms. The fourth-order valence-electron chi connectivity index (χ4n) is 3.09. The number of rotatable bonds is 7. The van der Waals surface area contributed by atoms with Crippen LogP contribution in [0.3, 0.4) is 0 Å². The smallest absolute Gasteiger partial charge is 0.00871 e. The van der Waals surface area contributed by atoms with Crippen molar-refractivity contribution in [3.63, 3.8) is 0 Å². The van der Waals surface area contributed by atoms with Crippen molar-refractivity contribution in [2.75, 3.05) is 26.7 Å². The molecule has 0 aliphatic heterocycles. The summed E-state index contributed by atoms with van der Waals surface area (Å²) in [6.07, 6.45) is 5.68. The second-order valence-corrected chi connectivity index (χ2v) is 6.39. The van der Waals surface area contributed by atoms with Crippen LogP contribution in [-0.4, -0.2) is 37.6 Å². The number of hydrogen-bond acceptors (Lipinski definition) is 2. The van der Waals surface area contributed by atoms with Crippen LogP contribution in [0.4, 0.5) is 0 Å². The molecule has 0 amide bonds. The molecule has 1 N–H and O–H groups in total. The van der Waals surface area contributed by atoms with Crippen molar-refractivity contribution in [2.24, 2.45) is 11.3 Å². The fraction of sp³-hybridized carbons (Fsp3) is 1.00. The van der Waals surface area contributed by atoms with Crippen LogP contribution in [0, 0.1) is 11.3 Å². The van der Waals surface area contributed by atoms with Gasteiger partial charge >= 0.3 is 0 Å². The summed E-state index contributed by atoms with van der Waals surface area (Å²) in [6.45, 7) is 12.8. The van der Waals surface area contributed by atoms with Crippen LogP contribution in [0.15, 0.2) is 0 Å². The lowest BCUT2D eigenvalue weighted by atomic mass is 9.84. The minimum absolute atomic E-state index is 0.550. The van der Waals surface area contributed by atoms with Gasteiger partial charge in [-0.25, -0.2) is 0 Å². The average molecular weight is 240 g/mol. The molecule has 0 heterocycles. The zero-order valence-corrected chi connectivity index (χ0v) is 12.6. The third-order valence-electron chi connectivity index (χ3n) is 4.66.